The largest absolute Gasteiger partial charge is 0.395 e. The summed E-state index contributed by atoms with van der Waals surface area (Å²) in [5.41, 5.74) is 2.87. The van der Waals surface area contributed by atoms with Crippen molar-refractivity contribution < 1.29 is 5.11 Å². The predicted octanol–water partition coefficient (Wildman–Crippen LogP) is 0.974. The summed E-state index contributed by atoms with van der Waals surface area (Å²) in [7, 11) is 0. The van der Waals surface area contributed by atoms with Gasteiger partial charge in [0.05, 0.1) is 23.6 Å². The molecule has 1 heterocycles. The Bertz CT molecular complexity index is 368. The fourth-order valence-corrected chi connectivity index (χ4v) is 1.30. The van der Waals surface area contributed by atoms with Gasteiger partial charge in [0.15, 0.2) is 0 Å². The Kier molecular flexibility index (Phi) is 3.43. The zero-order chi connectivity index (χ0) is 10.6. The van der Waals surface area contributed by atoms with Gasteiger partial charge < -0.3 is 10.4 Å². The van der Waals surface area contributed by atoms with Crippen LogP contribution in [0.25, 0.3) is 0 Å². The summed E-state index contributed by atoms with van der Waals surface area (Å²) >= 11 is 0. The molecule has 2 N–H and O–H groups in total. The second kappa shape index (κ2) is 4.58. The number of aliphatic hydroxyl groups is 1. The third-order valence-electron chi connectivity index (χ3n) is 1.87. The molecule has 0 atom stereocenters. The summed E-state index contributed by atoms with van der Waals surface area (Å²) in [6, 6.07) is 3.90. The van der Waals surface area contributed by atoms with Crippen molar-refractivity contribution in [3.63, 3.8) is 0 Å². The summed E-state index contributed by atoms with van der Waals surface area (Å²) in [6.07, 6.45) is 0. The zero-order valence-corrected chi connectivity index (χ0v) is 8.33. The lowest BCUT2D eigenvalue weighted by atomic mass is 10.1. The summed E-state index contributed by atoms with van der Waals surface area (Å²) < 4.78 is 0. The van der Waals surface area contributed by atoms with Gasteiger partial charge >= 0.3 is 0 Å². The molecule has 4 nitrogen and oxygen atoms in total. The lowest BCUT2D eigenvalue weighted by Gasteiger charge is -2.09. The molecule has 1 rings (SSSR count). The minimum Gasteiger partial charge on any atom is -0.395 e. The molecule has 0 unspecified atom stereocenters. The molecule has 0 spiro atoms. The molecule has 74 valence electrons. The first-order valence-electron chi connectivity index (χ1n) is 4.42. The van der Waals surface area contributed by atoms with Gasteiger partial charge in [-0.3, -0.25) is 4.98 Å². The molecule has 0 aromatic carbocycles. The number of aryl methyl sites for hydroxylation is 2. The zero-order valence-electron chi connectivity index (χ0n) is 8.33. The average Bonchev–Trinajstić information content (AvgIpc) is 2.14. The van der Waals surface area contributed by atoms with Crippen LogP contribution in [0.2, 0.25) is 0 Å². The third kappa shape index (κ3) is 2.21. The number of nitrogens with zero attached hydrogens (tertiary/aromatic N) is 2. The van der Waals surface area contributed by atoms with Gasteiger partial charge in [-0.25, -0.2) is 0 Å². The summed E-state index contributed by atoms with van der Waals surface area (Å²) in [5.74, 6) is 0. The van der Waals surface area contributed by atoms with Gasteiger partial charge in [0.1, 0.15) is 6.07 Å². The van der Waals surface area contributed by atoms with Crippen LogP contribution >= 0.6 is 0 Å². The number of pyridine rings is 1. The molecular weight excluding hydrogens is 178 g/mol. The number of hydrogen-bond donors (Lipinski definition) is 2. The average molecular weight is 191 g/mol. The molecule has 0 aliphatic heterocycles. The maximum absolute atomic E-state index is 8.90. The molecule has 4 heteroatoms. The number of nitriles is 1. The van der Waals surface area contributed by atoms with E-state index in [9.17, 15) is 0 Å². The predicted molar refractivity (Wildman–Crippen MR) is 54.0 cm³/mol. The van der Waals surface area contributed by atoms with Crippen LogP contribution in [-0.2, 0) is 0 Å². The summed E-state index contributed by atoms with van der Waals surface area (Å²) in [5, 5.41) is 20.5. The van der Waals surface area contributed by atoms with Crippen LogP contribution in [0.5, 0.6) is 0 Å². The highest BCUT2D eigenvalue weighted by atomic mass is 16.3. The number of anilines is 1. The van der Waals surface area contributed by atoms with E-state index in [0.717, 1.165) is 11.4 Å². The number of nitrogens with one attached hydrogen (secondary N) is 1. The van der Waals surface area contributed by atoms with Crippen molar-refractivity contribution in [2.75, 3.05) is 18.5 Å². The van der Waals surface area contributed by atoms with Crippen molar-refractivity contribution in [2.24, 2.45) is 0 Å². The minimum absolute atomic E-state index is 0.0469. The Morgan fingerprint density at radius 3 is 2.86 bits per heavy atom. The molecule has 0 saturated carbocycles. The molecule has 0 radical (unpaired) electrons. The number of hydrogen-bond acceptors (Lipinski definition) is 4. The topological polar surface area (TPSA) is 68.9 Å². The van der Waals surface area contributed by atoms with E-state index in [2.05, 4.69) is 16.4 Å². The minimum atomic E-state index is 0.0469. The molecule has 1 aromatic heterocycles. The number of aromatic nitrogens is 1. The highest BCUT2D eigenvalue weighted by Crippen LogP contribution is 2.17. The first-order chi connectivity index (χ1) is 6.69. The van der Waals surface area contributed by atoms with Crippen LogP contribution < -0.4 is 5.32 Å². The highest BCUT2D eigenvalue weighted by Gasteiger charge is 2.06. The Labute approximate surface area is 83.2 Å². The lowest BCUT2D eigenvalue weighted by Crippen LogP contribution is -2.08. The molecule has 0 amide bonds. The molecular formula is C10H13N3O. The molecule has 0 saturated heterocycles. The highest BCUT2D eigenvalue weighted by molar-refractivity contribution is 5.59. The van der Waals surface area contributed by atoms with Crippen LogP contribution in [0, 0.1) is 25.2 Å². The van der Waals surface area contributed by atoms with Crippen LogP contribution in [0.1, 0.15) is 17.0 Å². The van der Waals surface area contributed by atoms with Gasteiger partial charge in [-0.1, -0.05) is 0 Å². The number of aliphatic hydroxyl groups excluding tert-OH is 1. The first-order valence-corrected chi connectivity index (χ1v) is 4.42. The second-order valence-corrected chi connectivity index (χ2v) is 3.03. The maximum Gasteiger partial charge on any atom is 0.103 e. The standard InChI is InChI=1S/C10H13N3O/c1-7-5-10(12-3-4-14)9(6-11)8(2)13-7/h5,14H,3-4H2,1-2H3,(H,12,13). The van der Waals surface area contributed by atoms with Gasteiger partial charge in [-0.2, -0.15) is 5.26 Å². The summed E-state index contributed by atoms with van der Waals surface area (Å²) in [4.78, 5) is 4.19. The van der Waals surface area contributed by atoms with Crippen LogP contribution in [0.4, 0.5) is 5.69 Å². The fourth-order valence-electron chi connectivity index (χ4n) is 1.30. The van der Waals surface area contributed by atoms with Crippen molar-refractivity contribution in [2.45, 2.75) is 13.8 Å². The second-order valence-electron chi connectivity index (χ2n) is 3.03. The van der Waals surface area contributed by atoms with Crippen molar-refractivity contribution in [1.29, 1.82) is 5.26 Å². The van der Waals surface area contributed by atoms with E-state index in [4.69, 9.17) is 10.4 Å². The van der Waals surface area contributed by atoms with Gasteiger partial charge in [0.2, 0.25) is 0 Å². The Balaban J connectivity index is 3.07. The smallest absolute Gasteiger partial charge is 0.103 e. The van der Waals surface area contributed by atoms with Gasteiger partial charge in [0.25, 0.3) is 0 Å². The van der Waals surface area contributed by atoms with Crippen molar-refractivity contribution >= 4 is 5.69 Å². The van der Waals surface area contributed by atoms with Gasteiger partial charge in [0, 0.05) is 12.2 Å². The van der Waals surface area contributed by atoms with Crippen LogP contribution in [-0.4, -0.2) is 23.2 Å². The maximum atomic E-state index is 8.90. The lowest BCUT2D eigenvalue weighted by molar-refractivity contribution is 0.311. The molecule has 1 aromatic rings. The molecule has 0 fully saturated rings. The quantitative estimate of drug-likeness (QED) is 0.747. The van der Waals surface area contributed by atoms with E-state index < -0.39 is 0 Å². The van der Waals surface area contributed by atoms with E-state index in [1.807, 2.05) is 6.92 Å². The molecule has 0 bridgehead atoms. The van der Waals surface area contributed by atoms with Gasteiger partial charge in [-0.05, 0) is 19.9 Å². The van der Waals surface area contributed by atoms with E-state index >= 15 is 0 Å². The van der Waals surface area contributed by atoms with E-state index in [0.29, 0.717) is 17.8 Å². The molecule has 0 aliphatic rings. The monoisotopic (exact) mass is 191 g/mol. The van der Waals surface area contributed by atoms with Gasteiger partial charge in [-0.15, -0.1) is 0 Å². The molecule has 14 heavy (non-hydrogen) atoms. The fraction of sp³-hybridized carbons (Fsp3) is 0.400. The third-order valence-corrected chi connectivity index (χ3v) is 1.87. The SMILES string of the molecule is Cc1cc(NCCO)c(C#N)c(C)n1. The Hall–Kier alpha value is -1.60. The van der Waals surface area contributed by atoms with E-state index in [1.54, 1.807) is 13.0 Å². The van der Waals surface area contributed by atoms with E-state index in [1.165, 1.54) is 0 Å². The Morgan fingerprint density at radius 1 is 1.57 bits per heavy atom. The van der Waals surface area contributed by atoms with Crippen molar-refractivity contribution in [3.05, 3.63) is 23.0 Å². The number of rotatable bonds is 3. The van der Waals surface area contributed by atoms with Crippen LogP contribution in [0.15, 0.2) is 6.07 Å². The van der Waals surface area contributed by atoms with E-state index in [-0.39, 0.29) is 6.61 Å². The molecule has 0 aliphatic carbocycles. The van der Waals surface area contributed by atoms with Crippen molar-refractivity contribution in [3.8, 4) is 6.07 Å². The normalized spacial score (nSPS) is 9.57. The van der Waals surface area contributed by atoms with Crippen LogP contribution in [0.3, 0.4) is 0 Å². The van der Waals surface area contributed by atoms with Crippen molar-refractivity contribution in [1.82, 2.24) is 4.98 Å². The summed E-state index contributed by atoms with van der Waals surface area (Å²) in [6.45, 7) is 4.16. The Morgan fingerprint density at radius 2 is 2.29 bits per heavy atom. The first kappa shape index (κ1) is 10.5.